The number of hydrogen-bond donors (Lipinski definition) is 2. The van der Waals surface area contributed by atoms with Gasteiger partial charge in [-0.3, -0.25) is 16.6 Å². The van der Waals surface area contributed by atoms with Gasteiger partial charge in [0, 0.05) is 11.8 Å². The van der Waals surface area contributed by atoms with Crippen molar-refractivity contribution >= 4 is 40.7 Å². The van der Waals surface area contributed by atoms with E-state index in [2.05, 4.69) is 32.5 Å². The van der Waals surface area contributed by atoms with Crippen molar-refractivity contribution in [3.8, 4) is 0 Å². The third-order valence-corrected chi connectivity index (χ3v) is 8.97. The number of alkyl halides is 2. The molecule has 0 aromatic carbocycles. The third kappa shape index (κ3) is 5.12. The second kappa shape index (κ2) is 8.62. The van der Waals surface area contributed by atoms with E-state index in [1.165, 1.54) is 0 Å². The van der Waals surface area contributed by atoms with Crippen LogP contribution in [0, 0.1) is 66.6 Å². The van der Waals surface area contributed by atoms with E-state index in [0.29, 0.717) is 9.97 Å². The zero-order valence-electron chi connectivity index (χ0n) is 14.2. The minimum absolute atomic E-state index is 0. The van der Waals surface area contributed by atoms with Crippen molar-refractivity contribution in [2.24, 2.45) is 23.7 Å². The van der Waals surface area contributed by atoms with Crippen molar-refractivity contribution in [2.45, 2.75) is 46.9 Å². The summed E-state index contributed by atoms with van der Waals surface area (Å²) in [4.78, 5) is 22.0. The van der Waals surface area contributed by atoms with E-state index in [9.17, 15) is 9.59 Å². The molecule has 0 spiro atoms. The predicted molar refractivity (Wildman–Crippen MR) is 91.7 cm³/mol. The van der Waals surface area contributed by atoms with Gasteiger partial charge in [0.1, 0.15) is 5.60 Å². The fraction of sp³-hybridized carbons (Fsp3) is 0.750. The standard InChI is InChI=1S/C13H18NO3.C3H3I2NO.U/c1-13(2,3)17-12(15)9-6-4-7-8(5-6)16-11(14)10(7)9;4-2(1-7)3-5-6-3;/h5-10,14H,4H2,1-3H3;2-3,6H;/q-1;-2;+2. The van der Waals surface area contributed by atoms with Crippen molar-refractivity contribution in [1.82, 2.24) is 3.53 Å². The molecule has 0 aromatic rings. The number of esters is 1. The first-order valence-corrected chi connectivity index (χ1v) is 11.5. The van der Waals surface area contributed by atoms with Crippen LogP contribution in [0.4, 0.5) is 0 Å². The Morgan fingerprint density at radius 2 is 2.20 bits per heavy atom. The van der Waals surface area contributed by atoms with Crippen LogP contribution < -0.4 is 25.0 Å². The summed E-state index contributed by atoms with van der Waals surface area (Å²) in [7, 11) is 0. The maximum absolute atomic E-state index is 12.2. The number of rotatable bonds is 3. The second-order valence-corrected chi connectivity index (χ2v) is 11.4. The van der Waals surface area contributed by atoms with Gasteiger partial charge in [0.05, 0.1) is 0 Å². The van der Waals surface area contributed by atoms with Crippen molar-refractivity contribution in [3.05, 3.63) is 6.42 Å². The molecule has 2 saturated carbocycles. The Morgan fingerprint density at radius 1 is 1.56 bits per heavy atom. The van der Waals surface area contributed by atoms with Gasteiger partial charge in [-0.15, -0.1) is 5.92 Å². The summed E-state index contributed by atoms with van der Waals surface area (Å²) in [5.41, 5.74) is -0.458. The SMILES string of the molecule is CC(C)(C)OC(=O)C1C2[CH-]C3OC(=N)C1C3C2.O=[C-]C(I)C1N[I-]1.[U+2]. The molecule has 138 valence electrons. The number of carbonyl (C=O) groups excluding carboxylic acids is 2. The molecule has 6 nitrogen and oxygen atoms in total. The van der Waals surface area contributed by atoms with E-state index in [1.54, 1.807) is 0 Å². The number of hydrogen-bond acceptors (Lipinski definition) is 6. The maximum Gasteiger partial charge on any atom is 2.00 e. The molecule has 2 bridgehead atoms. The van der Waals surface area contributed by atoms with E-state index < -0.39 is 5.60 Å². The minimum Gasteiger partial charge on any atom is 2.00 e. The molecule has 7 atom stereocenters. The van der Waals surface area contributed by atoms with Crippen LogP contribution in [0.3, 0.4) is 0 Å². The number of ether oxygens (including phenoxy) is 2. The molecular weight excluding hydrogens is 776 g/mol. The number of halogens is 2. The average molecular weight is 797 g/mol. The summed E-state index contributed by atoms with van der Waals surface area (Å²) in [6.07, 6.45) is 5.08. The van der Waals surface area contributed by atoms with Crippen molar-refractivity contribution in [1.29, 1.82) is 5.41 Å². The zero-order chi connectivity index (χ0) is 17.6. The average Bonchev–Trinajstić information content (AvgIpc) is 3.11. The van der Waals surface area contributed by atoms with Gasteiger partial charge in [-0.1, -0.05) is 6.42 Å². The molecule has 0 amide bonds. The van der Waals surface area contributed by atoms with Crippen LogP contribution in [0.15, 0.2) is 0 Å². The summed E-state index contributed by atoms with van der Waals surface area (Å²) in [5, 5.41) is 7.84. The topological polar surface area (TPSA) is 98.4 Å². The molecule has 7 unspecified atom stereocenters. The van der Waals surface area contributed by atoms with Crippen LogP contribution in [0.2, 0.25) is 0 Å². The molecule has 0 aromatic heterocycles. The maximum atomic E-state index is 12.2. The van der Waals surface area contributed by atoms with E-state index in [-0.39, 0.29) is 92.2 Å². The van der Waals surface area contributed by atoms with Gasteiger partial charge in [0.25, 0.3) is 0 Å². The van der Waals surface area contributed by atoms with Crippen LogP contribution in [0.5, 0.6) is 0 Å². The predicted octanol–water partition coefficient (Wildman–Crippen LogP) is -1.38. The molecule has 2 heterocycles. The summed E-state index contributed by atoms with van der Waals surface area (Å²) in [5.74, 6) is 0.472. The molecule has 4 aliphatic rings. The third-order valence-electron chi connectivity index (χ3n) is 4.56. The van der Waals surface area contributed by atoms with Gasteiger partial charge in [0.2, 0.25) is 0 Å². The van der Waals surface area contributed by atoms with Gasteiger partial charge in [-0.25, -0.2) is 0 Å². The Morgan fingerprint density at radius 3 is 2.68 bits per heavy atom. The van der Waals surface area contributed by atoms with Gasteiger partial charge in [-0.05, 0) is 32.8 Å². The van der Waals surface area contributed by atoms with E-state index >= 15 is 0 Å². The Hall–Kier alpha value is 1.08. The summed E-state index contributed by atoms with van der Waals surface area (Å²) in [6, 6.07) is 0. The van der Waals surface area contributed by atoms with Crippen LogP contribution in [0.1, 0.15) is 27.2 Å². The summed E-state index contributed by atoms with van der Waals surface area (Å²) < 4.78 is 14.7. The molecule has 2 aliphatic heterocycles. The molecule has 2 N–H and O–H groups in total. The van der Waals surface area contributed by atoms with Gasteiger partial charge in [-0.2, -0.15) is 0 Å². The fourth-order valence-electron chi connectivity index (χ4n) is 3.67. The van der Waals surface area contributed by atoms with Crippen molar-refractivity contribution in [3.63, 3.8) is 0 Å². The van der Waals surface area contributed by atoms with Gasteiger partial charge >= 0.3 is 104 Å². The van der Waals surface area contributed by atoms with Crippen LogP contribution in [-0.2, 0) is 19.1 Å². The summed E-state index contributed by atoms with van der Waals surface area (Å²) in [6.45, 7) is 5.63. The molecule has 4 rings (SSSR count). The zero-order valence-corrected chi connectivity index (χ0v) is 22.7. The molecule has 9 heteroatoms. The number of carbonyl (C=O) groups is 1. The Bertz CT molecular complexity index is 551. The van der Waals surface area contributed by atoms with Crippen molar-refractivity contribution in [2.75, 3.05) is 0 Å². The van der Waals surface area contributed by atoms with Crippen LogP contribution >= 0.6 is 22.6 Å². The Balaban J connectivity index is 0.000000240. The number of nitrogens with one attached hydrogen (secondary N) is 2. The van der Waals surface area contributed by atoms with Gasteiger partial charge < -0.3 is 9.47 Å². The first kappa shape index (κ1) is 22.4. The first-order chi connectivity index (χ1) is 11.2. The minimum atomic E-state index is -0.458. The molecule has 25 heavy (non-hydrogen) atoms. The Kier molecular flexibility index (Phi) is 7.71. The molecule has 4 fully saturated rings. The normalized spacial score (nSPS) is 38.3. The number of fused-ring (bicyclic) bond motifs is 1. The quantitative estimate of drug-likeness (QED) is 0.0700. The largest absolute Gasteiger partial charge is 2.00 e. The fourth-order valence-corrected chi connectivity index (χ4v) is 6.48. The molecule has 0 radical (unpaired) electrons. The first-order valence-electron chi connectivity index (χ1n) is 7.94. The van der Waals surface area contributed by atoms with Gasteiger partial charge in [0.15, 0.2) is 5.90 Å². The summed E-state index contributed by atoms with van der Waals surface area (Å²) >= 11 is 2.31. The van der Waals surface area contributed by atoms with Crippen LogP contribution in [0.25, 0.3) is 0 Å². The van der Waals surface area contributed by atoms with Crippen molar-refractivity contribution < 1.29 is 71.7 Å². The van der Waals surface area contributed by atoms with E-state index in [1.807, 2.05) is 27.1 Å². The molecular formula is C16H21I2N2O4U-. The smallest absolute Gasteiger partial charge is 2.00 e. The molecule has 2 saturated heterocycles. The van der Waals surface area contributed by atoms with Crippen LogP contribution in [-0.4, -0.2) is 37.8 Å². The second-order valence-electron chi connectivity index (χ2n) is 7.43. The molecule has 2 aliphatic carbocycles. The van der Waals surface area contributed by atoms with E-state index in [0.717, 1.165) is 6.42 Å². The monoisotopic (exact) mass is 797 g/mol. The van der Waals surface area contributed by atoms with E-state index in [4.69, 9.17) is 14.9 Å². The Labute approximate surface area is 196 Å².